The van der Waals surface area contributed by atoms with Gasteiger partial charge in [-0.3, -0.25) is 14.9 Å². The van der Waals surface area contributed by atoms with E-state index in [1.54, 1.807) is 25.3 Å². The van der Waals surface area contributed by atoms with E-state index >= 15 is 0 Å². The van der Waals surface area contributed by atoms with Gasteiger partial charge in [0.25, 0.3) is 5.91 Å². The van der Waals surface area contributed by atoms with Gasteiger partial charge in [0.2, 0.25) is 5.91 Å². The van der Waals surface area contributed by atoms with Gasteiger partial charge in [0, 0.05) is 17.2 Å². The van der Waals surface area contributed by atoms with Crippen LogP contribution in [0.1, 0.15) is 16.1 Å². The predicted molar refractivity (Wildman–Crippen MR) is 95.0 cm³/mol. The molecule has 0 spiro atoms. The van der Waals surface area contributed by atoms with Gasteiger partial charge in [-0.2, -0.15) is 0 Å². The Hall–Kier alpha value is -2.26. The number of benzene rings is 1. The number of amides is 2. The van der Waals surface area contributed by atoms with Gasteiger partial charge >= 0.3 is 0 Å². The maximum atomic E-state index is 12.4. The molecule has 3 N–H and O–H groups in total. The number of carbonyl (C=O) groups is 2. The van der Waals surface area contributed by atoms with Crippen LogP contribution in [0.2, 0.25) is 0 Å². The normalized spacial score (nSPS) is 10.2. The van der Waals surface area contributed by atoms with Crippen molar-refractivity contribution in [2.75, 3.05) is 25.3 Å². The van der Waals surface area contributed by atoms with Crippen molar-refractivity contribution in [1.82, 2.24) is 4.98 Å². The van der Waals surface area contributed by atoms with Crippen LogP contribution in [-0.4, -0.2) is 36.8 Å². The number of hydrogen-bond donors (Lipinski definition) is 2. The molecule has 0 atom stereocenters. The van der Waals surface area contributed by atoms with Crippen LogP contribution >= 0.6 is 23.1 Å². The molecular weight excluding hydrogens is 350 g/mol. The molecule has 7 nitrogen and oxygen atoms in total. The Morgan fingerprint density at radius 2 is 2.12 bits per heavy atom. The number of anilines is 1. The summed E-state index contributed by atoms with van der Waals surface area (Å²) in [6.07, 6.45) is 0. The summed E-state index contributed by atoms with van der Waals surface area (Å²) in [6, 6.07) is 4.96. The fourth-order valence-electron chi connectivity index (χ4n) is 1.84. The topological polar surface area (TPSA) is 104 Å². The van der Waals surface area contributed by atoms with E-state index in [9.17, 15) is 9.59 Å². The molecular formula is C15H17N3O4S2. The van der Waals surface area contributed by atoms with E-state index in [0.29, 0.717) is 27.9 Å². The average Bonchev–Trinajstić information content (AvgIpc) is 3.01. The van der Waals surface area contributed by atoms with Crippen molar-refractivity contribution >= 4 is 40.0 Å². The van der Waals surface area contributed by atoms with Crippen LogP contribution in [-0.2, 0) is 10.5 Å². The minimum Gasteiger partial charge on any atom is -0.497 e. The van der Waals surface area contributed by atoms with Gasteiger partial charge in [-0.15, -0.1) is 23.1 Å². The molecule has 0 aliphatic heterocycles. The van der Waals surface area contributed by atoms with Gasteiger partial charge in [0.15, 0.2) is 5.13 Å². The van der Waals surface area contributed by atoms with Crippen molar-refractivity contribution < 1.29 is 19.1 Å². The van der Waals surface area contributed by atoms with Crippen LogP contribution in [0.5, 0.6) is 11.5 Å². The van der Waals surface area contributed by atoms with Gasteiger partial charge in [0.05, 0.1) is 31.2 Å². The SMILES string of the molecule is COc1ccc(C(=O)Nc2nc(CSCC(N)=O)cs2)c(OC)c1. The first-order valence-corrected chi connectivity index (χ1v) is 8.90. The molecule has 0 aliphatic carbocycles. The third kappa shape index (κ3) is 4.87. The molecule has 0 unspecified atom stereocenters. The maximum Gasteiger partial charge on any atom is 0.261 e. The predicted octanol–water partition coefficient (Wildman–Crippen LogP) is 2.13. The molecule has 9 heteroatoms. The summed E-state index contributed by atoms with van der Waals surface area (Å²) in [5.74, 6) is 1.13. The van der Waals surface area contributed by atoms with Crippen molar-refractivity contribution in [1.29, 1.82) is 0 Å². The molecule has 0 radical (unpaired) electrons. The molecule has 0 saturated carbocycles. The van der Waals surface area contributed by atoms with E-state index in [2.05, 4.69) is 10.3 Å². The number of aromatic nitrogens is 1. The van der Waals surface area contributed by atoms with E-state index in [0.717, 1.165) is 5.69 Å². The molecule has 24 heavy (non-hydrogen) atoms. The Morgan fingerprint density at radius 1 is 1.33 bits per heavy atom. The van der Waals surface area contributed by atoms with E-state index in [1.165, 1.54) is 30.2 Å². The standard InChI is InChI=1S/C15H17N3O4S2/c1-21-10-3-4-11(12(5-10)22-2)14(20)18-15-17-9(7-24-15)6-23-8-13(16)19/h3-5,7H,6,8H2,1-2H3,(H2,16,19)(H,17,18,20). The average molecular weight is 367 g/mol. The zero-order chi connectivity index (χ0) is 17.5. The Balaban J connectivity index is 2.02. The molecule has 1 aromatic carbocycles. The van der Waals surface area contributed by atoms with Gasteiger partial charge < -0.3 is 15.2 Å². The molecule has 2 rings (SSSR count). The smallest absolute Gasteiger partial charge is 0.261 e. The van der Waals surface area contributed by atoms with Gasteiger partial charge in [-0.05, 0) is 12.1 Å². The number of thioether (sulfide) groups is 1. The number of nitrogens with two attached hydrogens (primary N) is 1. The lowest BCUT2D eigenvalue weighted by Crippen LogP contribution is -2.13. The number of ether oxygens (including phenoxy) is 2. The minimum atomic E-state index is -0.365. The zero-order valence-corrected chi connectivity index (χ0v) is 14.8. The highest BCUT2D eigenvalue weighted by atomic mass is 32.2. The van der Waals surface area contributed by atoms with Crippen molar-refractivity contribution in [3.8, 4) is 11.5 Å². The van der Waals surface area contributed by atoms with Crippen molar-refractivity contribution in [3.05, 3.63) is 34.8 Å². The number of rotatable bonds is 8. The number of methoxy groups -OCH3 is 2. The fraction of sp³-hybridized carbons (Fsp3) is 0.267. The lowest BCUT2D eigenvalue weighted by atomic mass is 10.2. The van der Waals surface area contributed by atoms with Crippen LogP contribution in [0.4, 0.5) is 5.13 Å². The molecule has 1 aromatic heterocycles. The molecule has 0 bridgehead atoms. The van der Waals surface area contributed by atoms with Crippen molar-refractivity contribution in [2.45, 2.75) is 5.75 Å². The summed E-state index contributed by atoms with van der Waals surface area (Å²) in [4.78, 5) is 27.4. The van der Waals surface area contributed by atoms with Crippen molar-refractivity contribution in [2.24, 2.45) is 5.73 Å². The Kier molecular flexibility index (Phi) is 6.44. The quantitative estimate of drug-likeness (QED) is 0.741. The van der Waals surface area contributed by atoms with Crippen LogP contribution in [0.3, 0.4) is 0 Å². The largest absolute Gasteiger partial charge is 0.497 e. The summed E-state index contributed by atoms with van der Waals surface area (Å²) in [6.45, 7) is 0. The van der Waals surface area contributed by atoms with Crippen LogP contribution in [0, 0.1) is 0 Å². The lowest BCUT2D eigenvalue weighted by Gasteiger charge is -2.09. The fourth-order valence-corrected chi connectivity index (χ4v) is 3.31. The zero-order valence-electron chi connectivity index (χ0n) is 13.2. The van der Waals surface area contributed by atoms with E-state index in [1.807, 2.05) is 5.38 Å². The minimum absolute atomic E-state index is 0.238. The maximum absolute atomic E-state index is 12.4. The molecule has 128 valence electrons. The first kappa shape index (κ1) is 18.1. The second-order valence-electron chi connectivity index (χ2n) is 4.62. The van der Waals surface area contributed by atoms with Crippen LogP contribution < -0.4 is 20.5 Å². The van der Waals surface area contributed by atoms with E-state index in [-0.39, 0.29) is 17.6 Å². The Morgan fingerprint density at radius 3 is 2.79 bits per heavy atom. The van der Waals surface area contributed by atoms with Gasteiger partial charge in [-0.25, -0.2) is 4.98 Å². The molecule has 0 saturated heterocycles. The summed E-state index contributed by atoms with van der Waals surface area (Å²) in [5, 5.41) is 5.04. The van der Waals surface area contributed by atoms with Gasteiger partial charge in [0.1, 0.15) is 11.5 Å². The highest BCUT2D eigenvalue weighted by Crippen LogP contribution is 2.26. The highest BCUT2D eigenvalue weighted by Gasteiger charge is 2.15. The van der Waals surface area contributed by atoms with E-state index < -0.39 is 0 Å². The Bertz CT molecular complexity index is 733. The number of nitrogens with zero attached hydrogens (tertiary/aromatic N) is 1. The summed E-state index contributed by atoms with van der Waals surface area (Å²) >= 11 is 2.69. The summed E-state index contributed by atoms with van der Waals surface area (Å²) < 4.78 is 10.3. The van der Waals surface area contributed by atoms with Crippen LogP contribution in [0.15, 0.2) is 23.6 Å². The number of nitrogens with one attached hydrogen (secondary N) is 1. The third-order valence-electron chi connectivity index (χ3n) is 2.92. The van der Waals surface area contributed by atoms with Crippen LogP contribution in [0.25, 0.3) is 0 Å². The number of primary amides is 1. The Labute approximate surface area is 147 Å². The summed E-state index contributed by atoms with van der Waals surface area (Å²) in [5.41, 5.74) is 6.25. The number of thiazole rings is 1. The number of carbonyl (C=O) groups excluding carboxylic acids is 2. The third-order valence-corrected chi connectivity index (χ3v) is 4.71. The first-order chi connectivity index (χ1) is 11.5. The molecule has 2 aromatic rings. The van der Waals surface area contributed by atoms with E-state index in [4.69, 9.17) is 15.2 Å². The number of hydrogen-bond acceptors (Lipinski definition) is 7. The molecule has 1 heterocycles. The summed E-state index contributed by atoms with van der Waals surface area (Å²) in [7, 11) is 3.03. The van der Waals surface area contributed by atoms with Crippen molar-refractivity contribution in [3.63, 3.8) is 0 Å². The molecule has 0 fully saturated rings. The lowest BCUT2D eigenvalue weighted by molar-refractivity contribution is -0.115. The first-order valence-electron chi connectivity index (χ1n) is 6.87. The molecule has 0 aliphatic rings. The second-order valence-corrected chi connectivity index (χ2v) is 6.47. The molecule has 2 amide bonds. The second kappa shape index (κ2) is 8.55. The van der Waals surface area contributed by atoms with Gasteiger partial charge in [-0.1, -0.05) is 0 Å². The highest BCUT2D eigenvalue weighted by molar-refractivity contribution is 7.99. The monoisotopic (exact) mass is 367 g/mol.